The fourth-order valence-electron chi connectivity index (χ4n) is 2.14. The molecule has 0 radical (unpaired) electrons. The molecule has 0 aliphatic carbocycles. The maximum atomic E-state index is 4.47. The standard InChI is InChI=1S/C11H15Br2N3/c1-7-5-16(6-8(2)15-7)11-10(13)3-9(12)4-14-11/h3-4,7-8,15H,5-6H2,1-2H3. The van der Waals surface area contributed by atoms with Crippen LogP contribution < -0.4 is 10.2 Å². The predicted octanol–water partition coefficient (Wildman–Crippen LogP) is 2.79. The van der Waals surface area contributed by atoms with Crippen LogP contribution >= 0.6 is 31.9 Å². The highest BCUT2D eigenvalue weighted by atomic mass is 79.9. The summed E-state index contributed by atoms with van der Waals surface area (Å²) in [5, 5.41) is 3.52. The van der Waals surface area contributed by atoms with Crippen LogP contribution in [0, 0.1) is 0 Å². The molecular formula is C11H15Br2N3. The maximum Gasteiger partial charge on any atom is 0.143 e. The zero-order valence-electron chi connectivity index (χ0n) is 9.37. The van der Waals surface area contributed by atoms with E-state index in [4.69, 9.17) is 0 Å². The van der Waals surface area contributed by atoms with Crippen molar-refractivity contribution in [3.63, 3.8) is 0 Å². The van der Waals surface area contributed by atoms with Gasteiger partial charge in [0.25, 0.3) is 0 Å². The number of hydrogen-bond donors (Lipinski definition) is 1. The lowest BCUT2D eigenvalue weighted by Gasteiger charge is -2.37. The average molecular weight is 349 g/mol. The van der Waals surface area contributed by atoms with Crippen LogP contribution in [0.5, 0.6) is 0 Å². The molecule has 16 heavy (non-hydrogen) atoms. The Balaban J connectivity index is 2.23. The second-order valence-corrected chi connectivity index (χ2v) is 6.10. The van der Waals surface area contributed by atoms with E-state index < -0.39 is 0 Å². The highest BCUT2D eigenvalue weighted by Gasteiger charge is 2.23. The van der Waals surface area contributed by atoms with Gasteiger partial charge in [-0.1, -0.05) is 0 Å². The largest absolute Gasteiger partial charge is 0.353 e. The SMILES string of the molecule is CC1CN(c2ncc(Br)cc2Br)CC(C)N1. The fraction of sp³-hybridized carbons (Fsp3) is 0.545. The number of pyridine rings is 1. The first-order valence-electron chi connectivity index (χ1n) is 5.38. The molecule has 1 saturated heterocycles. The number of hydrogen-bond acceptors (Lipinski definition) is 3. The van der Waals surface area contributed by atoms with E-state index in [1.54, 1.807) is 0 Å². The fourth-order valence-corrected chi connectivity index (χ4v) is 3.38. The Labute approximate surface area is 113 Å². The Kier molecular flexibility index (Phi) is 3.87. The molecule has 1 aromatic heterocycles. The van der Waals surface area contributed by atoms with E-state index in [0.29, 0.717) is 12.1 Å². The third-order valence-corrected chi connectivity index (χ3v) is 3.66. The molecule has 0 spiro atoms. The summed E-state index contributed by atoms with van der Waals surface area (Å²) in [6.45, 7) is 6.40. The summed E-state index contributed by atoms with van der Waals surface area (Å²) in [6, 6.07) is 3.04. The van der Waals surface area contributed by atoms with E-state index in [0.717, 1.165) is 27.9 Å². The van der Waals surface area contributed by atoms with Crippen molar-refractivity contribution in [2.45, 2.75) is 25.9 Å². The van der Waals surface area contributed by atoms with E-state index >= 15 is 0 Å². The first-order chi connectivity index (χ1) is 7.56. The molecule has 1 N–H and O–H groups in total. The predicted molar refractivity (Wildman–Crippen MR) is 73.9 cm³/mol. The highest BCUT2D eigenvalue weighted by Crippen LogP contribution is 2.27. The number of rotatable bonds is 1. The summed E-state index contributed by atoms with van der Waals surface area (Å²) in [6.07, 6.45) is 1.84. The first-order valence-corrected chi connectivity index (χ1v) is 6.97. The summed E-state index contributed by atoms with van der Waals surface area (Å²) in [5.41, 5.74) is 0. The van der Waals surface area contributed by atoms with Gasteiger partial charge in [0, 0.05) is 35.8 Å². The lowest BCUT2D eigenvalue weighted by molar-refractivity contribution is 0.405. The van der Waals surface area contributed by atoms with Crippen molar-refractivity contribution in [2.24, 2.45) is 0 Å². The normalized spacial score (nSPS) is 25.9. The molecule has 0 amide bonds. The third-order valence-electron chi connectivity index (χ3n) is 2.65. The molecule has 2 rings (SSSR count). The molecule has 3 nitrogen and oxygen atoms in total. The Hall–Kier alpha value is -0.130. The Morgan fingerprint density at radius 3 is 2.50 bits per heavy atom. The number of nitrogens with zero attached hydrogens (tertiary/aromatic N) is 2. The van der Waals surface area contributed by atoms with Crippen LogP contribution in [-0.4, -0.2) is 30.2 Å². The van der Waals surface area contributed by atoms with Gasteiger partial charge in [0.05, 0.1) is 4.47 Å². The lowest BCUT2D eigenvalue weighted by Crippen LogP contribution is -2.54. The molecule has 2 unspecified atom stereocenters. The van der Waals surface area contributed by atoms with Gasteiger partial charge in [-0.3, -0.25) is 0 Å². The van der Waals surface area contributed by atoms with Gasteiger partial charge in [-0.05, 0) is 51.8 Å². The maximum absolute atomic E-state index is 4.47. The number of halogens is 2. The highest BCUT2D eigenvalue weighted by molar-refractivity contribution is 9.11. The van der Waals surface area contributed by atoms with Crippen molar-refractivity contribution >= 4 is 37.7 Å². The minimum absolute atomic E-state index is 0.501. The van der Waals surface area contributed by atoms with E-state index in [2.05, 4.69) is 60.9 Å². The van der Waals surface area contributed by atoms with Gasteiger partial charge in [-0.15, -0.1) is 0 Å². The van der Waals surface area contributed by atoms with Gasteiger partial charge in [-0.25, -0.2) is 4.98 Å². The van der Waals surface area contributed by atoms with Crippen molar-refractivity contribution in [2.75, 3.05) is 18.0 Å². The van der Waals surface area contributed by atoms with E-state index in [1.807, 2.05) is 12.3 Å². The summed E-state index contributed by atoms with van der Waals surface area (Å²) in [5.74, 6) is 1.03. The van der Waals surface area contributed by atoms with Gasteiger partial charge in [0.2, 0.25) is 0 Å². The van der Waals surface area contributed by atoms with E-state index in [-0.39, 0.29) is 0 Å². The van der Waals surface area contributed by atoms with Gasteiger partial charge in [0.15, 0.2) is 0 Å². The third kappa shape index (κ3) is 2.76. The topological polar surface area (TPSA) is 28.2 Å². The minimum atomic E-state index is 0.501. The quantitative estimate of drug-likeness (QED) is 0.845. The minimum Gasteiger partial charge on any atom is -0.353 e. The van der Waals surface area contributed by atoms with Crippen LogP contribution in [0.1, 0.15) is 13.8 Å². The van der Waals surface area contributed by atoms with Gasteiger partial charge < -0.3 is 10.2 Å². The smallest absolute Gasteiger partial charge is 0.143 e. The molecule has 1 aliphatic rings. The van der Waals surface area contributed by atoms with Gasteiger partial charge in [0.1, 0.15) is 5.82 Å². The molecule has 2 heterocycles. The van der Waals surface area contributed by atoms with Crippen LogP contribution in [0.4, 0.5) is 5.82 Å². The van der Waals surface area contributed by atoms with Crippen molar-refractivity contribution in [3.05, 3.63) is 21.2 Å². The monoisotopic (exact) mass is 347 g/mol. The number of nitrogens with one attached hydrogen (secondary N) is 1. The van der Waals surface area contributed by atoms with Crippen LogP contribution in [0.25, 0.3) is 0 Å². The van der Waals surface area contributed by atoms with Crippen molar-refractivity contribution < 1.29 is 0 Å². The molecule has 0 bridgehead atoms. The average Bonchev–Trinajstić information content (AvgIpc) is 2.15. The van der Waals surface area contributed by atoms with Crippen molar-refractivity contribution in [3.8, 4) is 0 Å². The summed E-state index contributed by atoms with van der Waals surface area (Å²) in [7, 11) is 0. The zero-order valence-corrected chi connectivity index (χ0v) is 12.5. The summed E-state index contributed by atoms with van der Waals surface area (Å²) >= 11 is 6.99. The van der Waals surface area contributed by atoms with Gasteiger partial charge in [-0.2, -0.15) is 0 Å². The molecule has 0 aromatic carbocycles. The second kappa shape index (κ2) is 5.02. The zero-order chi connectivity index (χ0) is 11.7. The molecule has 1 aromatic rings. The Morgan fingerprint density at radius 1 is 1.31 bits per heavy atom. The summed E-state index contributed by atoms with van der Waals surface area (Å²) < 4.78 is 2.04. The number of aromatic nitrogens is 1. The lowest BCUT2D eigenvalue weighted by atomic mass is 10.1. The molecule has 5 heteroatoms. The summed E-state index contributed by atoms with van der Waals surface area (Å²) in [4.78, 5) is 6.80. The van der Waals surface area contributed by atoms with Gasteiger partial charge >= 0.3 is 0 Å². The number of piperazine rings is 1. The van der Waals surface area contributed by atoms with E-state index in [1.165, 1.54) is 0 Å². The molecule has 0 saturated carbocycles. The molecule has 88 valence electrons. The Morgan fingerprint density at radius 2 is 1.94 bits per heavy atom. The Bertz CT molecular complexity index is 373. The molecular weight excluding hydrogens is 334 g/mol. The van der Waals surface area contributed by atoms with Crippen LogP contribution in [0.2, 0.25) is 0 Å². The number of anilines is 1. The molecule has 2 atom stereocenters. The van der Waals surface area contributed by atoms with Crippen LogP contribution in [0.15, 0.2) is 21.2 Å². The van der Waals surface area contributed by atoms with Crippen molar-refractivity contribution in [1.29, 1.82) is 0 Å². The first kappa shape index (κ1) is 12.3. The van der Waals surface area contributed by atoms with E-state index in [9.17, 15) is 0 Å². The molecule has 1 fully saturated rings. The second-order valence-electron chi connectivity index (χ2n) is 4.33. The van der Waals surface area contributed by atoms with Crippen LogP contribution in [-0.2, 0) is 0 Å². The van der Waals surface area contributed by atoms with Crippen molar-refractivity contribution in [1.82, 2.24) is 10.3 Å². The van der Waals surface area contributed by atoms with Crippen LogP contribution in [0.3, 0.4) is 0 Å². The molecule has 1 aliphatic heterocycles.